The first-order chi connectivity index (χ1) is 16.5. The highest BCUT2D eigenvalue weighted by Crippen LogP contribution is 2.32. The predicted molar refractivity (Wildman–Crippen MR) is 127 cm³/mol. The first-order valence-electron chi connectivity index (χ1n) is 10.6. The maximum Gasteiger partial charge on any atom is 0.421 e. The molecule has 0 atom stereocenters. The van der Waals surface area contributed by atoms with E-state index >= 15 is 0 Å². The van der Waals surface area contributed by atoms with Crippen LogP contribution in [0.25, 0.3) is 6.08 Å². The molecule has 1 amide bonds. The van der Waals surface area contributed by atoms with Crippen molar-refractivity contribution in [2.45, 2.75) is 0 Å². The Bertz CT molecular complexity index is 1240. The number of ether oxygens (including phenoxy) is 3. The second kappa shape index (κ2) is 8.77. The molecule has 11 nitrogen and oxygen atoms in total. The van der Waals surface area contributed by atoms with E-state index in [-0.39, 0.29) is 6.54 Å². The van der Waals surface area contributed by atoms with Gasteiger partial charge in [-0.25, -0.2) is 14.8 Å². The van der Waals surface area contributed by atoms with Crippen LogP contribution in [-0.2, 0) is 4.74 Å². The summed E-state index contributed by atoms with van der Waals surface area (Å²) in [5.74, 6) is 3.16. The summed E-state index contributed by atoms with van der Waals surface area (Å²) in [5, 5.41) is 6.15. The summed E-state index contributed by atoms with van der Waals surface area (Å²) in [4.78, 5) is 28.9. The smallest absolute Gasteiger partial charge is 0.421 e. The molecule has 0 radical (unpaired) electrons. The largest absolute Gasteiger partial charge is 0.484 e. The SMILES string of the molecule is C=C1COc2ccc(N3C/C(=C\NCCOc4cnc5c(n4)N(C)C(=C)C=C5)OC3=O)nc2N1. The van der Waals surface area contributed by atoms with Gasteiger partial charge in [-0.3, -0.25) is 4.90 Å². The molecule has 0 saturated carbocycles. The fourth-order valence-electron chi connectivity index (χ4n) is 3.46. The van der Waals surface area contributed by atoms with Crippen molar-refractivity contribution in [2.24, 2.45) is 0 Å². The second-order valence-corrected chi connectivity index (χ2v) is 7.70. The number of pyridine rings is 1. The molecule has 5 rings (SSSR count). The van der Waals surface area contributed by atoms with Crippen LogP contribution < -0.4 is 29.9 Å². The number of carbonyl (C=O) groups excluding carboxylic acids is 1. The normalized spacial score (nSPS) is 17.7. The van der Waals surface area contributed by atoms with Crippen LogP contribution in [0.3, 0.4) is 0 Å². The van der Waals surface area contributed by atoms with Crippen LogP contribution in [0.4, 0.5) is 22.2 Å². The highest BCUT2D eigenvalue weighted by Gasteiger charge is 2.30. The fourth-order valence-corrected chi connectivity index (χ4v) is 3.46. The number of allylic oxidation sites excluding steroid dienone is 1. The van der Waals surface area contributed by atoms with Gasteiger partial charge < -0.3 is 29.7 Å². The summed E-state index contributed by atoms with van der Waals surface area (Å²) >= 11 is 0. The minimum atomic E-state index is -0.503. The first-order valence-corrected chi connectivity index (χ1v) is 10.6. The number of aromatic nitrogens is 3. The van der Waals surface area contributed by atoms with Crippen molar-refractivity contribution in [3.8, 4) is 11.6 Å². The summed E-state index contributed by atoms with van der Waals surface area (Å²) in [6, 6.07) is 3.47. The zero-order chi connectivity index (χ0) is 23.7. The highest BCUT2D eigenvalue weighted by atomic mass is 16.6. The molecule has 2 aromatic heterocycles. The van der Waals surface area contributed by atoms with Crippen LogP contribution in [0, 0.1) is 0 Å². The van der Waals surface area contributed by atoms with E-state index in [0.29, 0.717) is 60.3 Å². The van der Waals surface area contributed by atoms with Crippen molar-refractivity contribution in [1.29, 1.82) is 0 Å². The molecule has 1 fully saturated rings. The molecule has 0 bridgehead atoms. The second-order valence-electron chi connectivity index (χ2n) is 7.70. The van der Waals surface area contributed by atoms with Crippen LogP contribution in [0.1, 0.15) is 5.69 Å². The molecule has 0 aliphatic carbocycles. The van der Waals surface area contributed by atoms with E-state index in [4.69, 9.17) is 14.2 Å². The minimum absolute atomic E-state index is 0.250. The molecule has 174 valence electrons. The number of hydrogen-bond acceptors (Lipinski definition) is 10. The van der Waals surface area contributed by atoms with Crippen LogP contribution in [-0.4, -0.2) is 54.4 Å². The summed E-state index contributed by atoms with van der Waals surface area (Å²) in [6.45, 7) is 9.24. The van der Waals surface area contributed by atoms with Gasteiger partial charge in [0.15, 0.2) is 17.4 Å². The number of nitrogens with zero attached hydrogens (tertiary/aromatic N) is 5. The van der Waals surface area contributed by atoms with Gasteiger partial charge in [0.25, 0.3) is 0 Å². The molecule has 0 spiro atoms. The Morgan fingerprint density at radius 1 is 1.29 bits per heavy atom. The van der Waals surface area contributed by atoms with Crippen molar-refractivity contribution in [3.05, 3.63) is 66.6 Å². The molecule has 2 N–H and O–H groups in total. The third kappa shape index (κ3) is 4.22. The molecule has 3 aliphatic rings. The number of carbonyl (C=O) groups is 1. The standard InChI is InChI=1S/C23H23N7O4/c1-14-13-33-18-6-7-19(27-21(18)26-14)30-12-16(34-23(30)31)10-24-8-9-32-20-11-25-17-5-4-15(2)29(3)22(17)28-20/h4-7,10-11,24H,1-2,8-9,12-13H2,3H3,(H,26,27)/b16-10+. The summed E-state index contributed by atoms with van der Waals surface area (Å²) < 4.78 is 16.6. The molecule has 0 unspecified atom stereocenters. The van der Waals surface area contributed by atoms with Crippen LogP contribution in [0.5, 0.6) is 11.6 Å². The summed E-state index contributed by atoms with van der Waals surface area (Å²) in [7, 11) is 1.88. The van der Waals surface area contributed by atoms with Crippen LogP contribution in [0.2, 0.25) is 0 Å². The maximum absolute atomic E-state index is 12.3. The lowest BCUT2D eigenvalue weighted by Crippen LogP contribution is -2.25. The lowest BCUT2D eigenvalue weighted by atomic mass is 10.2. The Morgan fingerprint density at radius 3 is 3.06 bits per heavy atom. The Balaban J connectivity index is 1.14. The van der Waals surface area contributed by atoms with E-state index in [1.165, 1.54) is 4.90 Å². The third-order valence-electron chi connectivity index (χ3n) is 5.27. The van der Waals surface area contributed by atoms with Gasteiger partial charge >= 0.3 is 6.09 Å². The zero-order valence-corrected chi connectivity index (χ0v) is 18.6. The summed E-state index contributed by atoms with van der Waals surface area (Å²) in [5.41, 5.74) is 2.29. The van der Waals surface area contributed by atoms with Crippen molar-refractivity contribution in [3.63, 3.8) is 0 Å². The Labute approximate surface area is 196 Å². The average molecular weight is 461 g/mol. The third-order valence-corrected chi connectivity index (χ3v) is 5.27. The van der Waals surface area contributed by atoms with E-state index in [2.05, 4.69) is 38.7 Å². The van der Waals surface area contributed by atoms with Crippen LogP contribution in [0.15, 0.2) is 60.9 Å². The molecule has 3 aliphatic heterocycles. The summed E-state index contributed by atoms with van der Waals surface area (Å²) in [6.07, 6.45) is 6.48. The monoisotopic (exact) mass is 461 g/mol. The first kappa shape index (κ1) is 21.3. The van der Waals surface area contributed by atoms with Gasteiger partial charge in [-0.05, 0) is 24.3 Å². The molecule has 0 aromatic carbocycles. The van der Waals surface area contributed by atoms with E-state index in [0.717, 1.165) is 11.4 Å². The molecular formula is C23H23N7O4. The van der Waals surface area contributed by atoms with E-state index in [1.807, 2.05) is 24.1 Å². The number of anilines is 3. The van der Waals surface area contributed by atoms with Gasteiger partial charge in [0.05, 0.1) is 12.7 Å². The number of cyclic esters (lactones) is 1. The maximum atomic E-state index is 12.3. The van der Waals surface area contributed by atoms with Gasteiger partial charge in [0, 0.05) is 31.2 Å². The molecule has 1 saturated heterocycles. The average Bonchev–Trinajstić information content (AvgIpc) is 3.21. The fraction of sp³-hybridized carbons (Fsp3) is 0.217. The quantitative estimate of drug-likeness (QED) is 0.622. The number of amides is 1. The number of hydrogen-bond donors (Lipinski definition) is 2. The number of fused-ring (bicyclic) bond motifs is 2. The van der Waals surface area contributed by atoms with E-state index < -0.39 is 6.09 Å². The van der Waals surface area contributed by atoms with Gasteiger partial charge in [-0.1, -0.05) is 13.2 Å². The topological polar surface area (TPSA) is 114 Å². The lowest BCUT2D eigenvalue weighted by molar-refractivity contribution is 0.198. The number of nitrogens with one attached hydrogen (secondary N) is 2. The van der Waals surface area contributed by atoms with E-state index in [9.17, 15) is 4.79 Å². The highest BCUT2D eigenvalue weighted by molar-refractivity contribution is 5.90. The number of rotatable bonds is 6. The molecule has 34 heavy (non-hydrogen) atoms. The number of likely N-dealkylation sites (N-methyl/N-ethyl adjacent to an activating group) is 1. The van der Waals surface area contributed by atoms with Crippen molar-refractivity contribution in [2.75, 3.05) is 48.5 Å². The Kier molecular flexibility index (Phi) is 5.50. The van der Waals surface area contributed by atoms with Gasteiger partial charge in [0.1, 0.15) is 30.5 Å². The van der Waals surface area contributed by atoms with Crippen molar-refractivity contribution >= 4 is 29.6 Å². The zero-order valence-electron chi connectivity index (χ0n) is 18.6. The Morgan fingerprint density at radius 2 is 2.18 bits per heavy atom. The molecule has 5 heterocycles. The van der Waals surface area contributed by atoms with Gasteiger partial charge in [-0.2, -0.15) is 4.98 Å². The molecular weight excluding hydrogens is 438 g/mol. The minimum Gasteiger partial charge on any atom is -0.484 e. The molecule has 11 heteroatoms. The van der Waals surface area contributed by atoms with Gasteiger partial charge in [-0.15, -0.1) is 0 Å². The van der Waals surface area contributed by atoms with Crippen molar-refractivity contribution < 1.29 is 19.0 Å². The Hall–Kier alpha value is -4.54. The van der Waals surface area contributed by atoms with Gasteiger partial charge in [0.2, 0.25) is 5.88 Å². The van der Waals surface area contributed by atoms with E-state index in [1.54, 1.807) is 24.5 Å². The predicted octanol–water partition coefficient (Wildman–Crippen LogP) is 2.63. The lowest BCUT2D eigenvalue weighted by Gasteiger charge is -2.23. The molecule has 2 aromatic rings. The van der Waals surface area contributed by atoms with Crippen molar-refractivity contribution in [1.82, 2.24) is 20.3 Å². The van der Waals surface area contributed by atoms with Crippen LogP contribution >= 0.6 is 0 Å².